The van der Waals surface area contributed by atoms with Gasteiger partial charge in [-0.15, -0.1) is 0 Å². The molecule has 8 heteroatoms. The summed E-state index contributed by atoms with van der Waals surface area (Å²) in [6.07, 6.45) is 2.04. The third-order valence-corrected chi connectivity index (χ3v) is 7.32. The van der Waals surface area contributed by atoms with Crippen LogP contribution < -0.4 is 16.0 Å². The summed E-state index contributed by atoms with van der Waals surface area (Å²) in [6.45, 7) is 11.3. The van der Waals surface area contributed by atoms with Crippen LogP contribution in [-0.2, 0) is 14.8 Å². The lowest BCUT2D eigenvalue weighted by atomic mass is 10.1. The van der Waals surface area contributed by atoms with Crippen molar-refractivity contribution in [2.45, 2.75) is 52.4 Å². The summed E-state index contributed by atoms with van der Waals surface area (Å²) >= 11 is 0. The van der Waals surface area contributed by atoms with E-state index in [0.717, 1.165) is 41.9 Å². The number of sulfonamides is 1. The van der Waals surface area contributed by atoms with Crippen molar-refractivity contribution in [1.82, 2.24) is 4.31 Å². The van der Waals surface area contributed by atoms with E-state index < -0.39 is 10.0 Å². The lowest BCUT2D eigenvalue weighted by Gasteiger charge is -2.20. The van der Waals surface area contributed by atoms with Gasteiger partial charge in [0, 0.05) is 25.3 Å². The minimum Gasteiger partial charge on any atom is -0.383 e. The Morgan fingerprint density at radius 3 is 2.22 bits per heavy atom. The molecule has 0 heterocycles. The summed E-state index contributed by atoms with van der Waals surface area (Å²) in [4.78, 5) is 12.8. The van der Waals surface area contributed by atoms with Gasteiger partial charge in [0.05, 0.1) is 22.8 Å². The number of rotatable bonds is 12. The molecule has 0 unspecified atom stereocenters. The standard InChI is InChI=1S/C24H36N4O3S/c1-6-9-14-25-22-13-11-20(32(30,31)28(7-2)8-3)16-23(22)26-17-24(29)27-21-12-10-18(4)15-19(21)5/h10-13,15-16,25-26H,6-9,14,17H2,1-5H3,(H,27,29). The Balaban J connectivity index is 2.22. The highest BCUT2D eigenvalue weighted by atomic mass is 32.2. The Morgan fingerprint density at radius 2 is 1.59 bits per heavy atom. The van der Waals surface area contributed by atoms with Crippen LogP contribution in [0.5, 0.6) is 0 Å². The van der Waals surface area contributed by atoms with Gasteiger partial charge in [-0.25, -0.2) is 8.42 Å². The Kier molecular flexibility index (Phi) is 9.53. The summed E-state index contributed by atoms with van der Waals surface area (Å²) in [5.41, 5.74) is 4.25. The van der Waals surface area contributed by atoms with E-state index in [0.29, 0.717) is 18.8 Å². The van der Waals surface area contributed by atoms with Crippen molar-refractivity contribution in [1.29, 1.82) is 0 Å². The van der Waals surface area contributed by atoms with Gasteiger partial charge in [-0.3, -0.25) is 4.79 Å². The smallest absolute Gasteiger partial charge is 0.243 e. The maximum absolute atomic E-state index is 13.0. The molecular formula is C24H36N4O3S. The highest BCUT2D eigenvalue weighted by Crippen LogP contribution is 2.27. The molecule has 32 heavy (non-hydrogen) atoms. The molecule has 176 valence electrons. The number of carbonyl (C=O) groups excluding carboxylic acids is 1. The Bertz CT molecular complexity index is 1020. The van der Waals surface area contributed by atoms with Gasteiger partial charge in [0.2, 0.25) is 15.9 Å². The molecule has 0 aliphatic carbocycles. The molecule has 0 saturated carbocycles. The number of aryl methyl sites for hydroxylation is 2. The normalized spacial score (nSPS) is 11.4. The number of hydrogen-bond donors (Lipinski definition) is 3. The number of hydrogen-bond acceptors (Lipinski definition) is 5. The zero-order chi connectivity index (χ0) is 23.7. The summed E-state index contributed by atoms with van der Waals surface area (Å²) in [7, 11) is -3.60. The second kappa shape index (κ2) is 11.9. The minimum absolute atomic E-state index is 0.0184. The molecule has 0 bridgehead atoms. The first-order valence-corrected chi connectivity index (χ1v) is 12.7. The Hall–Kier alpha value is -2.58. The highest BCUT2D eigenvalue weighted by Gasteiger charge is 2.22. The van der Waals surface area contributed by atoms with Crippen LogP contribution in [0.4, 0.5) is 17.1 Å². The average molecular weight is 461 g/mol. The van der Waals surface area contributed by atoms with E-state index in [1.807, 2.05) is 45.9 Å². The summed E-state index contributed by atoms with van der Waals surface area (Å²) in [5.74, 6) is -0.200. The predicted molar refractivity (Wildman–Crippen MR) is 133 cm³/mol. The molecular weight excluding hydrogens is 424 g/mol. The van der Waals surface area contributed by atoms with Gasteiger partial charge < -0.3 is 16.0 Å². The van der Waals surface area contributed by atoms with Crippen molar-refractivity contribution in [2.24, 2.45) is 0 Å². The number of benzene rings is 2. The first-order valence-electron chi connectivity index (χ1n) is 11.2. The van der Waals surface area contributed by atoms with Crippen molar-refractivity contribution >= 4 is 33.0 Å². The van der Waals surface area contributed by atoms with E-state index in [9.17, 15) is 13.2 Å². The topological polar surface area (TPSA) is 90.5 Å². The van der Waals surface area contributed by atoms with Crippen LogP contribution in [-0.4, -0.2) is 44.8 Å². The lowest BCUT2D eigenvalue weighted by Crippen LogP contribution is -2.30. The van der Waals surface area contributed by atoms with Gasteiger partial charge in [-0.05, 0) is 50.1 Å². The molecule has 0 fully saturated rings. The van der Waals surface area contributed by atoms with Crippen LogP contribution >= 0.6 is 0 Å². The van der Waals surface area contributed by atoms with Crippen LogP contribution in [0.3, 0.4) is 0 Å². The molecule has 0 aliphatic rings. The van der Waals surface area contributed by atoms with Crippen molar-refractivity contribution in [2.75, 3.05) is 42.1 Å². The third-order valence-electron chi connectivity index (χ3n) is 5.28. The molecule has 2 aromatic rings. The first-order chi connectivity index (χ1) is 15.2. The number of nitrogens with zero attached hydrogens (tertiary/aromatic N) is 1. The predicted octanol–water partition coefficient (Wildman–Crippen LogP) is 4.60. The fourth-order valence-electron chi connectivity index (χ4n) is 3.42. The van der Waals surface area contributed by atoms with Gasteiger partial charge in [0.25, 0.3) is 0 Å². The number of unbranched alkanes of at least 4 members (excludes halogenated alkanes) is 1. The fourth-order valence-corrected chi connectivity index (χ4v) is 4.91. The second-order valence-corrected chi connectivity index (χ2v) is 9.74. The highest BCUT2D eigenvalue weighted by molar-refractivity contribution is 7.89. The van der Waals surface area contributed by atoms with Crippen molar-refractivity contribution in [3.63, 3.8) is 0 Å². The van der Waals surface area contributed by atoms with E-state index in [2.05, 4.69) is 22.9 Å². The number of anilines is 3. The average Bonchev–Trinajstić information content (AvgIpc) is 2.75. The molecule has 7 nitrogen and oxygen atoms in total. The number of nitrogens with one attached hydrogen (secondary N) is 3. The Morgan fingerprint density at radius 1 is 0.906 bits per heavy atom. The van der Waals surface area contributed by atoms with Gasteiger partial charge in [-0.1, -0.05) is 44.9 Å². The molecule has 1 amide bonds. The van der Waals surface area contributed by atoms with E-state index in [-0.39, 0.29) is 17.3 Å². The van der Waals surface area contributed by atoms with Crippen molar-refractivity contribution < 1.29 is 13.2 Å². The van der Waals surface area contributed by atoms with Crippen LogP contribution in [0.25, 0.3) is 0 Å². The maximum Gasteiger partial charge on any atom is 0.243 e. The van der Waals surface area contributed by atoms with E-state index in [1.165, 1.54) is 4.31 Å². The van der Waals surface area contributed by atoms with Crippen LogP contribution in [0.2, 0.25) is 0 Å². The molecule has 0 aliphatic heterocycles. The Labute approximate surface area is 192 Å². The quantitative estimate of drug-likeness (QED) is 0.403. The SMILES string of the molecule is CCCCNc1ccc(S(=O)(=O)N(CC)CC)cc1NCC(=O)Nc1ccc(C)cc1C. The van der Waals surface area contributed by atoms with Crippen molar-refractivity contribution in [3.05, 3.63) is 47.5 Å². The first kappa shape index (κ1) is 25.7. The fraction of sp³-hybridized carbons (Fsp3) is 0.458. The molecule has 2 rings (SSSR count). The monoisotopic (exact) mass is 460 g/mol. The largest absolute Gasteiger partial charge is 0.383 e. The summed E-state index contributed by atoms with van der Waals surface area (Å²) < 4.78 is 27.3. The minimum atomic E-state index is -3.60. The van der Waals surface area contributed by atoms with Crippen LogP contribution in [0, 0.1) is 13.8 Å². The molecule has 0 radical (unpaired) electrons. The van der Waals surface area contributed by atoms with E-state index in [4.69, 9.17) is 0 Å². The number of carbonyl (C=O) groups is 1. The molecule has 0 spiro atoms. The summed E-state index contributed by atoms with van der Waals surface area (Å²) in [6, 6.07) is 10.8. The molecule has 0 aromatic heterocycles. The zero-order valence-corrected chi connectivity index (χ0v) is 20.6. The lowest BCUT2D eigenvalue weighted by molar-refractivity contribution is -0.114. The molecule has 0 atom stereocenters. The van der Waals surface area contributed by atoms with E-state index in [1.54, 1.807) is 18.2 Å². The van der Waals surface area contributed by atoms with Gasteiger partial charge in [-0.2, -0.15) is 4.31 Å². The summed E-state index contributed by atoms with van der Waals surface area (Å²) in [5, 5.41) is 9.37. The van der Waals surface area contributed by atoms with E-state index >= 15 is 0 Å². The molecule has 3 N–H and O–H groups in total. The zero-order valence-electron chi connectivity index (χ0n) is 19.8. The number of amides is 1. The maximum atomic E-state index is 13.0. The van der Waals surface area contributed by atoms with Crippen LogP contribution in [0.1, 0.15) is 44.7 Å². The van der Waals surface area contributed by atoms with Crippen molar-refractivity contribution in [3.8, 4) is 0 Å². The van der Waals surface area contributed by atoms with Gasteiger partial charge >= 0.3 is 0 Å². The molecule has 2 aromatic carbocycles. The van der Waals surface area contributed by atoms with Gasteiger partial charge in [0.15, 0.2) is 0 Å². The van der Waals surface area contributed by atoms with Gasteiger partial charge in [0.1, 0.15) is 0 Å². The molecule has 0 saturated heterocycles. The second-order valence-electron chi connectivity index (χ2n) is 7.80. The third kappa shape index (κ3) is 6.71. The van der Waals surface area contributed by atoms with Crippen LogP contribution in [0.15, 0.2) is 41.3 Å².